The molecule has 0 saturated carbocycles. The molecule has 29 heavy (non-hydrogen) atoms. The molecule has 2 aromatic rings. The van der Waals surface area contributed by atoms with Gasteiger partial charge in [0.05, 0.1) is 28.9 Å². The smallest absolute Gasteiger partial charge is 0.338 e. The van der Waals surface area contributed by atoms with E-state index >= 15 is 0 Å². The Bertz CT molecular complexity index is 1050. The average molecular weight is 435 g/mol. The molecule has 2 amide bonds. The Balaban J connectivity index is 2.08. The van der Waals surface area contributed by atoms with Gasteiger partial charge < -0.3 is 15.4 Å². The molecule has 152 valence electrons. The number of hydrogen-bond acceptors (Lipinski definition) is 5. The molecule has 9 heteroatoms. The highest BCUT2D eigenvalue weighted by Gasteiger charge is 2.35. The van der Waals surface area contributed by atoms with Crippen LogP contribution < -0.4 is 10.6 Å². The van der Waals surface area contributed by atoms with Crippen molar-refractivity contribution in [1.29, 1.82) is 0 Å². The molecule has 7 nitrogen and oxygen atoms in total. The van der Waals surface area contributed by atoms with E-state index in [4.69, 9.17) is 16.3 Å². The zero-order valence-electron chi connectivity index (χ0n) is 15.5. The van der Waals surface area contributed by atoms with Crippen molar-refractivity contribution >= 4 is 33.4 Å². The van der Waals surface area contributed by atoms with E-state index in [-0.39, 0.29) is 22.8 Å². The standard InChI is InChI=1S/C20H19ClN2O5S/c1-2-28-19(24)17-16(12-29(26,27)15-10-8-14(21)9-11-15)22-20(25)23-18(17)13-6-4-3-5-7-13/h3-11,18H,2,12H2,1H3,(H2,22,23,25). The zero-order chi connectivity index (χ0) is 21.0. The maximum Gasteiger partial charge on any atom is 0.338 e. The molecule has 1 heterocycles. The quantitative estimate of drug-likeness (QED) is 0.680. The third kappa shape index (κ3) is 4.78. The van der Waals surface area contributed by atoms with Crippen molar-refractivity contribution in [3.8, 4) is 0 Å². The SMILES string of the molecule is CCOC(=O)C1=C(CS(=O)(=O)c2ccc(Cl)cc2)NC(=O)NC1c1ccccc1. The Kier molecular flexibility index (Phi) is 6.24. The molecule has 0 fully saturated rings. The van der Waals surface area contributed by atoms with Gasteiger partial charge in [0.2, 0.25) is 0 Å². The van der Waals surface area contributed by atoms with Gasteiger partial charge in [-0.3, -0.25) is 0 Å². The Hall–Kier alpha value is -2.84. The van der Waals surface area contributed by atoms with E-state index in [0.717, 1.165) is 0 Å². The van der Waals surface area contributed by atoms with E-state index in [1.165, 1.54) is 24.3 Å². The Morgan fingerprint density at radius 3 is 2.38 bits per heavy atom. The molecule has 0 aliphatic carbocycles. The van der Waals surface area contributed by atoms with Crippen LogP contribution in [0.1, 0.15) is 18.5 Å². The lowest BCUT2D eigenvalue weighted by atomic mass is 9.95. The first-order chi connectivity index (χ1) is 13.8. The first kappa shape index (κ1) is 20.9. The van der Waals surface area contributed by atoms with Crippen LogP contribution in [0.15, 0.2) is 70.8 Å². The summed E-state index contributed by atoms with van der Waals surface area (Å²) in [5.74, 6) is -1.27. The van der Waals surface area contributed by atoms with Crippen molar-refractivity contribution in [3.05, 3.63) is 76.5 Å². The molecule has 0 saturated heterocycles. The van der Waals surface area contributed by atoms with Gasteiger partial charge in [0, 0.05) is 10.7 Å². The Morgan fingerprint density at radius 1 is 1.10 bits per heavy atom. The summed E-state index contributed by atoms with van der Waals surface area (Å²) < 4.78 is 30.9. The van der Waals surface area contributed by atoms with Gasteiger partial charge in [-0.1, -0.05) is 41.9 Å². The fourth-order valence-electron chi connectivity index (χ4n) is 2.99. The number of sulfone groups is 1. The van der Waals surface area contributed by atoms with Crippen LogP contribution in [-0.2, 0) is 19.4 Å². The fourth-order valence-corrected chi connectivity index (χ4v) is 4.44. The van der Waals surface area contributed by atoms with Crippen molar-refractivity contribution in [2.45, 2.75) is 17.9 Å². The topological polar surface area (TPSA) is 102 Å². The second-order valence-corrected chi connectivity index (χ2v) is 8.69. The van der Waals surface area contributed by atoms with Gasteiger partial charge in [0.25, 0.3) is 0 Å². The number of halogens is 1. The molecule has 0 radical (unpaired) electrons. The number of urea groups is 1. The van der Waals surface area contributed by atoms with Gasteiger partial charge in [-0.25, -0.2) is 18.0 Å². The fraction of sp³-hybridized carbons (Fsp3) is 0.200. The van der Waals surface area contributed by atoms with Crippen molar-refractivity contribution in [2.75, 3.05) is 12.4 Å². The summed E-state index contributed by atoms with van der Waals surface area (Å²) in [6, 6.07) is 13.0. The second kappa shape index (κ2) is 8.67. The van der Waals surface area contributed by atoms with E-state index in [1.807, 2.05) is 0 Å². The predicted octanol–water partition coefficient (Wildman–Crippen LogP) is 2.99. The van der Waals surface area contributed by atoms with Crippen LogP contribution in [0, 0.1) is 0 Å². The summed E-state index contributed by atoms with van der Waals surface area (Å²) in [5, 5.41) is 5.53. The second-order valence-electron chi connectivity index (χ2n) is 6.27. The number of rotatable bonds is 6. The van der Waals surface area contributed by atoms with Gasteiger partial charge in [-0.2, -0.15) is 0 Å². The minimum Gasteiger partial charge on any atom is -0.463 e. The first-order valence-corrected chi connectivity index (χ1v) is 10.9. The highest BCUT2D eigenvalue weighted by Crippen LogP contribution is 2.29. The number of benzene rings is 2. The van der Waals surface area contributed by atoms with Gasteiger partial charge in [0.15, 0.2) is 9.84 Å². The lowest BCUT2D eigenvalue weighted by Crippen LogP contribution is -2.47. The molecule has 0 bridgehead atoms. The minimum atomic E-state index is -3.85. The lowest BCUT2D eigenvalue weighted by molar-refractivity contribution is -0.139. The highest BCUT2D eigenvalue weighted by atomic mass is 35.5. The molecule has 1 atom stereocenters. The molecule has 0 spiro atoms. The predicted molar refractivity (Wildman–Crippen MR) is 108 cm³/mol. The molecule has 2 N–H and O–H groups in total. The number of ether oxygens (including phenoxy) is 1. The highest BCUT2D eigenvalue weighted by molar-refractivity contribution is 7.91. The maximum absolute atomic E-state index is 12.9. The third-order valence-electron chi connectivity index (χ3n) is 4.29. The molecule has 0 aromatic heterocycles. The number of amides is 2. The van der Waals surface area contributed by atoms with E-state index < -0.39 is 33.6 Å². The van der Waals surface area contributed by atoms with Crippen molar-refractivity contribution < 1.29 is 22.7 Å². The van der Waals surface area contributed by atoms with Crippen molar-refractivity contribution in [3.63, 3.8) is 0 Å². The van der Waals surface area contributed by atoms with Crippen LogP contribution in [0.4, 0.5) is 4.79 Å². The van der Waals surface area contributed by atoms with Gasteiger partial charge in [-0.15, -0.1) is 0 Å². The van der Waals surface area contributed by atoms with Crippen LogP contribution in [0.5, 0.6) is 0 Å². The van der Waals surface area contributed by atoms with Gasteiger partial charge in [-0.05, 0) is 36.8 Å². The summed E-state index contributed by atoms with van der Waals surface area (Å²) in [6.45, 7) is 1.75. The van der Waals surface area contributed by atoms with Crippen molar-refractivity contribution in [2.24, 2.45) is 0 Å². The number of hydrogen-bond donors (Lipinski definition) is 2. The minimum absolute atomic E-state index is 0.0176. The van der Waals surface area contributed by atoms with E-state index in [0.29, 0.717) is 10.6 Å². The van der Waals surface area contributed by atoms with E-state index in [9.17, 15) is 18.0 Å². The number of esters is 1. The third-order valence-corrected chi connectivity index (χ3v) is 6.20. The summed E-state index contributed by atoms with van der Waals surface area (Å²) in [7, 11) is -3.85. The van der Waals surface area contributed by atoms with Crippen LogP contribution in [0.25, 0.3) is 0 Å². The molecule has 1 unspecified atom stereocenters. The zero-order valence-corrected chi connectivity index (χ0v) is 17.1. The largest absolute Gasteiger partial charge is 0.463 e. The molecular formula is C20H19ClN2O5S. The van der Waals surface area contributed by atoms with E-state index in [1.54, 1.807) is 37.3 Å². The number of nitrogens with one attached hydrogen (secondary N) is 2. The Morgan fingerprint density at radius 2 is 1.76 bits per heavy atom. The molecule has 3 rings (SSSR count). The first-order valence-electron chi connectivity index (χ1n) is 8.82. The number of carbonyl (C=O) groups is 2. The van der Waals surface area contributed by atoms with Crippen LogP contribution >= 0.6 is 11.6 Å². The molecule has 1 aliphatic rings. The summed E-state index contributed by atoms with van der Waals surface area (Å²) in [5.41, 5.74) is 0.665. The monoisotopic (exact) mass is 434 g/mol. The van der Waals surface area contributed by atoms with E-state index in [2.05, 4.69) is 10.6 Å². The van der Waals surface area contributed by atoms with Crippen LogP contribution in [-0.4, -0.2) is 32.8 Å². The maximum atomic E-state index is 12.9. The number of carbonyl (C=O) groups excluding carboxylic acids is 2. The summed E-state index contributed by atoms with van der Waals surface area (Å²) in [6.07, 6.45) is 0. The molecular weight excluding hydrogens is 416 g/mol. The molecule has 1 aliphatic heterocycles. The molecule has 2 aromatic carbocycles. The Labute approximate surface area is 173 Å². The van der Waals surface area contributed by atoms with Gasteiger partial charge >= 0.3 is 12.0 Å². The van der Waals surface area contributed by atoms with Gasteiger partial charge in [0.1, 0.15) is 0 Å². The van der Waals surface area contributed by atoms with Crippen LogP contribution in [0.3, 0.4) is 0 Å². The van der Waals surface area contributed by atoms with Crippen LogP contribution in [0.2, 0.25) is 5.02 Å². The normalized spacial score (nSPS) is 16.8. The lowest BCUT2D eigenvalue weighted by Gasteiger charge is -2.29. The average Bonchev–Trinajstić information content (AvgIpc) is 2.68. The summed E-state index contributed by atoms with van der Waals surface area (Å²) >= 11 is 5.83. The summed E-state index contributed by atoms with van der Waals surface area (Å²) in [4.78, 5) is 24.9. The van der Waals surface area contributed by atoms with Crippen molar-refractivity contribution in [1.82, 2.24) is 10.6 Å².